The molecule has 0 fully saturated rings. The molecule has 1 aliphatic rings. The Bertz CT molecular complexity index is 2480. The Balaban J connectivity index is 1.21. The van der Waals surface area contributed by atoms with E-state index in [1.165, 1.54) is 21.9 Å². The predicted molar refractivity (Wildman–Crippen MR) is 194 cm³/mol. The van der Waals surface area contributed by atoms with Gasteiger partial charge in [-0.15, -0.1) is 0 Å². The van der Waals surface area contributed by atoms with E-state index in [2.05, 4.69) is 145 Å². The molecular formula is C43H29N3O. The second kappa shape index (κ2) is 11.3. The first-order valence-electron chi connectivity index (χ1n) is 15.9. The minimum atomic E-state index is -0.331. The van der Waals surface area contributed by atoms with Crippen LogP contribution in [0.25, 0.3) is 55.0 Å². The maximum absolute atomic E-state index is 6.58. The standard InChI is InChI=1S/C43H29N3O/c1-3-11-28(12-4-1)30-21-24-32(25-22-30)41-44-42(34-26-23-29-13-7-8-16-33(29)27-34)46-43(45-41)37-19-10-20-38-39(37)36-18-9-17-35(40(36)47-38)31-14-5-2-6-15-31/h1-27,41H,(H,44,45,46). The van der Waals surface area contributed by atoms with Gasteiger partial charge in [0.15, 0.2) is 5.84 Å². The summed E-state index contributed by atoms with van der Waals surface area (Å²) >= 11 is 0. The molecule has 0 aliphatic carbocycles. The Labute approximate surface area is 272 Å². The van der Waals surface area contributed by atoms with Crippen LogP contribution in [0.3, 0.4) is 0 Å². The third-order valence-corrected chi connectivity index (χ3v) is 8.95. The summed E-state index contributed by atoms with van der Waals surface area (Å²) in [7, 11) is 0. The number of aliphatic imine (C=N–C) groups is 2. The summed E-state index contributed by atoms with van der Waals surface area (Å²) < 4.78 is 6.58. The van der Waals surface area contributed by atoms with Gasteiger partial charge in [0, 0.05) is 27.5 Å². The number of amidine groups is 2. The van der Waals surface area contributed by atoms with Crippen LogP contribution < -0.4 is 5.32 Å². The van der Waals surface area contributed by atoms with Crippen molar-refractivity contribution in [2.24, 2.45) is 9.98 Å². The van der Waals surface area contributed by atoms with Crippen LogP contribution in [0.15, 0.2) is 178 Å². The van der Waals surface area contributed by atoms with Gasteiger partial charge in [0.05, 0.1) is 0 Å². The number of benzene rings is 7. The first-order chi connectivity index (χ1) is 23.3. The lowest BCUT2D eigenvalue weighted by Gasteiger charge is -2.24. The first kappa shape index (κ1) is 27.1. The summed E-state index contributed by atoms with van der Waals surface area (Å²) in [6.45, 7) is 0. The number of nitrogens with one attached hydrogen (secondary N) is 1. The second-order valence-electron chi connectivity index (χ2n) is 11.8. The number of furan rings is 1. The molecule has 4 nitrogen and oxygen atoms in total. The average molecular weight is 604 g/mol. The van der Waals surface area contributed by atoms with Crippen molar-refractivity contribution in [3.63, 3.8) is 0 Å². The van der Waals surface area contributed by atoms with E-state index < -0.39 is 0 Å². The molecule has 1 aliphatic heterocycles. The minimum Gasteiger partial charge on any atom is -0.455 e. The third-order valence-electron chi connectivity index (χ3n) is 8.95. The monoisotopic (exact) mass is 603 g/mol. The Morgan fingerprint density at radius 1 is 0.511 bits per heavy atom. The number of nitrogens with zero attached hydrogens (tertiary/aromatic N) is 2. The summed E-state index contributed by atoms with van der Waals surface area (Å²) in [5.74, 6) is 1.45. The molecule has 1 aromatic heterocycles. The molecule has 0 amide bonds. The van der Waals surface area contributed by atoms with Crippen molar-refractivity contribution >= 4 is 44.4 Å². The van der Waals surface area contributed by atoms with Crippen molar-refractivity contribution < 1.29 is 4.42 Å². The van der Waals surface area contributed by atoms with Crippen LogP contribution in [-0.2, 0) is 0 Å². The van der Waals surface area contributed by atoms with Crippen LogP contribution in [0.5, 0.6) is 0 Å². The normalized spacial score (nSPS) is 14.6. The lowest BCUT2D eigenvalue weighted by atomic mass is 9.99. The molecule has 2 heterocycles. The van der Waals surface area contributed by atoms with Gasteiger partial charge >= 0.3 is 0 Å². The minimum absolute atomic E-state index is 0.331. The first-order valence-corrected chi connectivity index (χ1v) is 15.9. The molecule has 1 unspecified atom stereocenters. The lowest BCUT2D eigenvalue weighted by molar-refractivity contribution is 0.669. The van der Waals surface area contributed by atoms with Crippen LogP contribution in [0, 0.1) is 0 Å². The molecule has 0 radical (unpaired) electrons. The Kier molecular flexibility index (Phi) is 6.50. The molecule has 1 N–H and O–H groups in total. The number of hydrogen-bond acceptors (Lipinski definition) is 4. The summed E-state index contributed by atoms with van der Waals surface area (Å²) in [6.07, 6.45) is -0.331. The molecule has 47 heavy (non-hydrogen) atoms. The quantitative estimate of drug-likeness (QED) is 0.213. The highest BCUT2D eigenvalue weighted by molar-refractivity contribution is 6.23. The molecule has 9 rings (SSSR count). The van der Waals surface area contributed by atoms with Gasteiger partial charge < -0.3 is 9.73 Å². The van der Waals surface area contributed by atoms with Gasteiger partial charge in [0.25, 0.3) is 0 Å². The van der Waals surface area contributed by atoms with Crippen molar-refractivity contribution in [2.75, 3.05) is 0 Å². The van der Waals surface area contributed by atoms with E-state index in [-0.39, 0.29) is 6.17 Å². The molecule has 8 aromatic rings. The van der Waals surface area contributed by atoms with E-state index in [0.29, 0.717) is 5.84 Å². The van der Waals surface area contributed by atoms with E-state index >= 15 is 0 Å². The van der Waals surface area contributed by atoms with Crippen LogP contribution in [0.4, 0.5) is 0 Å². The maximum atomic E-state index is 6.58. The number of fused-ring (bicyclic) bond motifs is 4. The maximum Gasteiger partial charge on any atom is 0.160 e. The van der Waals surface area contributed by atoms with Crippen molar-refractivity contribution in [3.8, 4) is 22.3 Å². The third kappa shape index (κ3) is 4.88. The summed E-state index contributed by atoms with van der Waals surface area (Å²) in [5, 5.41) is 8.08. The SMILES string of the molecule is c1ccc(-c2ccc(C3N=C(c4cccc5oc6c(-c7ccccc7)cccc6c45)N=C(c4ccc5ccccc5c4)N3)cc2)cc1. The Hall–Kier alpha value is -6.26. The fraction of sp³-hybridized carbons (Fsp3) is 0.0233. The fourth-order valence-electron chi connectivity index (χ4n) is 6.59. The molecule has 0 spiro atoms. The fourth-order valence-corrected chi connectivity index (χ4v) is 6.59. The zero-order valence-corrected chi connectivity index (χ0v) is 25.5. The van der Waals surface area contributed by atoms with E-state index in [9.17, 15) is 0 Å². The van der Waals surface area contributed by atoms with Crippen LogP contribution in [0.1, 0.15) is 22.9 Å². The van der Waals surface area contributed by atoms with Gasteiger partial charge in [-0.1, -0.05) is 152 Å². The largest absolute Gasteiger partial charge is 0.455 e. The van der Waals surface area contributed by atoms with Gasteiger partial charge in [0.1, 0.15) is 23.2 Å². The molecular weight excluding hydrogens is 574 g/mol. The Morgan fingerprint density at radius 3 is 1.98 bits per heavy atom. The summed E-state index contributed by atoms with van der Waals surface area (Å²) in [4.78, 5) is 10.5. The molecule has 0 saturated carbocycles. The van der Waals surface area contributed by atoms with E-state index in [0.717, 1.165) is 55.6 Å². The zero-order chi connectivity index (χ0) is 31.2. The molecule has 222 valence electrons. The van der Waals surface area contributed by atoms with Crippen molar-refractivity contribution in [2.45, 2.75) is 6.17 Å². The Morgan fingerprint density at radius 2 is 1.17 bits per heavy atom. The molecule has 7 aromatic carbocycles. The topological polar surface area (TPSA) is 49.9 Å². The zero-order valence-electron chi connectivity index (χ0n) is 25.5. The van der Waals surface area contributed by atoms with Crippen LogP contribution in [-0.4, -0.2) is 11.7 Å². The van der Waals surface area contributed by atoms with Crippen molar-refractivity contribution in [1.82, 2.24) is 5.32 Å². The smallest absolute Gasteiger partial charge is 0.160 e. The molecule has 4 heteroatoms. The summed E-state index contributed by atoms with van der Waals surface area (Å²) in [6, 6.07) is 56.9. The van der Waals surface area contributed by atoms with Gasteiger partial charge in [-0.05, 0) is 45.2 Å². The molecule has 1 atom stereocenters. The highest BCUT2D eigenvalue weighted by Gasteiger charge is 2.24. The number of para-hydroxylation sites is 1. The van der Waals surface area contributed by atoms with Gasteiger partial charge in [-0.3, -0.25) is 0 Å². The average Bonchev–Trinajstić information content (AvgIpc) is 3.54. The van der Waals surface area contributed by atoms with Gasteiger partial charge in [-0.25, -0.2) is 9.98 Å². The van der Waals surface area contributed by atoms with E-state index in [1.807, 2.05) is 24.3 Å². The van der Waals surface area contributed by atoms with Crippen molar-refractivity contribution in [3.05, 3.63) is 180 Å². The highest BCUT2D eigenvalue weighted by atomic mass is 16.3. The van der Waals surface area contributed by atoms with E-state index in [4.69, 9.17) is 14.4 Å². The second-order valence-corrected chi connectivity index (χ2v) is 11.8. The molecule has 0 saturated heterocycles. The lowest BCUT2D eigenvalue weighted by Crippen LogP contribution is -2.33. The van der Waals surface area contributed by atoms with Crippen molar-refractivity contribution in [1.29, 1.82) is 0 Å². The predicted octanol–water partition coefficient (Wildman–Crippen LogP) is 10.6. The van der Waals surface area contributed by atoms with Gasteiger partial charge in [0.2, 0.25) is 0 Å². The van der Waals surface area contributed by atoms with Gasteiger partial charge in [-0.2, -0.15) is 0 Å². The van der Waals surface area contributed by atoms with E-state index in [1.54, 1.807) is 0 Å². The highest BCUT2D eigenvalue weighted by Crippen LogP contribution is 2.38. The van der Waals surface area contributed by atoms with Crippen LogP contribution in [0.2, 0.25) is 0 Å². The van der Waals surface area contributed by atoms with Crippen LogP contribution >= 0.6 is 0 Å². The number of rotatable bonds is 5. The summed E-state index contributed by atoms with van der Waals surface area (Å²) in [5.41, 5.74) is 9.23. The molecule has 0 bridgehead atoms. The number of hydrogen-bond donors (Lipinski definition) is 1.